The van der Waals surface area contributed by atoms with Gasteiger partial charge in [0.15, 0.2) is 0 Å². The molecule has 3 aliphatic rings. The molecule has 4 amide bonds. The van der Waals surface area contributed by atoms with Gasteiger partial charge >= 0.3 is 6.03 Å². The van der Waals surface area contributed by atoms with Gasteiger partial charge in [-0.2, -0.15) is 0 Å². The average molecular weight is 425 g/mol. The molecule has 0 unspecified atom stereocenters. The van der Waals surface area contributed by atoms with E-state index in [1.165, 1.54) is 4.90 Å². The van der Waals surface area contributed by atoms with Crippen LogP contribution in [-0.2, 0) is 16.0 Å². The first-order chi connectivity index (χ1) is 15.0. The maximum absolute atomic E-state index is 13.5. The monoisotopic (exact) mass is 424 g/mol. The maximum atomic E-state index is 13.5. The molecule has 1 atom stereocenters. The van der Waals surface area contributed by atoms with Gasteiger partial charge in [-0.3, -0.25) is 19.5 Å². The molecule has 2 aliphatic heterocycles. The van der Waals surface area contributed by atoms with E-state index < -0.39 is 5.54 Å². The lowest BCUT2D eigenvalue weighted by Gasteiger charge is -2.41. The summed E-state index contributed by atoms with van der Waals surface area (Å²) < 4.78 is 0. The molecule has 0 spiro atoms. The highest BCUT2D eigenvalue weighted by Crippen LogP contribution is 2.37. The number of nitrogens with zero attached hydrogens (tertiary/aromatic N) is 3. The summed E-state index contributed by atoms with van der Waals surface area (Å²) in [6.07, 6.45) is 10.2. The minimum Gasteiger partial charge on any atom is -0.339 e. The van der Waals surface area contributed by atoms with Gasteiger partial charge in [-0.1, -0.05) is 25.5 Å². The second-order valence-electron chi connectivity index (χ2n) is 8.87. The highest BCUT2D eigenvalue weighted by molar-refractivity contribution is 6.07. The van der Waals surface area contributed by atoms with Gasteiger partial charge in [-0.25, -0.2) is 4.79 Å². The Morgan fingerprint density at radius 1 is 1.26 bits per heavy atom. The topological polar surface area (TPSA) is 82.6 Å². The lowest BCUT2D eigenvalue weighted by Crippen LogP contribution is -2.56. The Hall–Kier alpha value is -2.70. The maximum Gasteiger partial charge on any atom is 0.325 e. The molecule has 166 valence electrons. The van der Waals surface area contributed by atoms with Crippen LogP contribution in [0, 0.1) is 5.92 Å². The molecular formula is C24H32N4O3. The normalized spacial score (nSPS) is 24.5. The first kappa shape index (κ1) is 21.5. The smallest absolute Gasteiger partial charge is 0.325 e. The van der Waals surface area contributed by atoms with Crippen molar-refractivity contribution in [3.8, 4) is 0 Å². The van der Waals surface area contributed by atoms with Crippen molar-refractivity contribution >= 4 is 17.8 Å². The summed E-state index contributed by atoms with van der Waals surface area (Å²) in [5.41, 5.74) is 0.953. The third-order valence-electron chi connectivity index (χ3n) is 6.96. The predicted octanol–water partition coefficient (Wildman–Crippen LogP) is 3.06. The van der Waals surface area contributed by atoms with Gasteiger partial charge < -0.3 is 10.2 Å². The Morgan fingerprint density at radius 3 is 2.71 bits per heavy atom. The largest absolute Gasteiger partial charge is 0.339 e. The summed E-state index contributed by atoms with van der Waals surface area (Å²) in [4.78, 5) is 46.6. The van der Waals surface area contributed by atoms with Gasteiger partial charge in [-0.05, 0) is 56.6 Å². The van der Waals surface area contributed by atoms with E-state index in [-0.39, 0.29) is 23.8 Å². The third-order valence-corrected chi connectivity index (χ3v) is 6.96. The van der Waals surface area contributed by atoms with E-state index in [2.05, 4.69) is 16.4 Å². The van der Waals surface area contributed by atoms with Crippen LogP contribution in [-0.4, -0.2) is 57.8 Å². The lowest BCUT2D eigenvalue weighted by atomic mass is 9.74. The molecule has 0 bridgehead atoms. The molecule has 31 heavy (non-hydrogen) atoms. The number of imide groups is 1. The molecule has 2 fully saturated rings. The van der Waals surface area contributed by atoms with Crippen LogP contribution >= 0.6 is 0 Å². The highest BCUT2D eigenvalue weighted by Gasteiger charge is 2.55. The van der Waals surface area contributed by atoms with E-state index >= 15 is 0 Å². The highest BCUT2D eigenvalue weighted by atomic mass is 16.2. The summed E-state index contributed by atoms with van der Waals surface area (Å²) in [7, 11) is 0. The average Bonchev–Trinajstić information content (AvgIpc) is 3.41. The SMILES string of the molecule is CCC[C@]1(C2CCN(C(=O)C3=CCCC3)CC2)NC(=O)N(CCc2ccccn2)C1=O. The van der Waals surface area contributed by atoms with Crippen molar-refractivity contribution in [1.82, 2.24) is 20.1 Å². The first-order valence-electron chi connectivity index (χ1n) is 11.6. The molecule has 7 nitrogen and oxygen atoms in total. The molecule has 0 radical (unpaired) electrons. The van der Waals surface area contributed by atoms with E-state index in [9.17, 15) is 14.4 Å². The van der Waals surface area contributed by atoms with Crippen molar-refractivity contribution in [3.05, 3.63) is 41.7 Å². The Morgan fingerprint density at radius 2 is 2.06 bits per heavy atom. The quantitative estimate of drug-likeness (QED) is 0.682. The Bertz CT molecular complexity index is 861. The van der Waals surface area contributed by atoms with Crippen LogP contribution in [0.2, 0.25) is 0 Å². The number of nitrogens with one attached hydrogen (secondary N) is 1. The molecule has 2 saturated heterocycles. The Labute approximate surface area is 183 Å². The van der Waals surface area contributed by atoms with Crippen LogP contribution in [0.3, 0.4) is 0 Å². The molecule has 4 rings (SSSR count). The Kier molecular flexibility index (Phi) is 6.39. The number of piperidine rings is 1. The minimum atomic E-state index is -0.849. The first-order valence-corrected chi connectivity index (χ1v) is 11.6. The van der Waals surface area contributed by atoms with Crippen molar-refractivity contribution < 1.29 is 14.4 Å². The molecule has 1 aromatic heterocycles. The van der Waals surface area contributed by atoms with Gasteiger partial charge in [0, 0.05) is 43.5 Å². The van der Waals surface area contributed by atoms with Crippen LogP contribution in [0.25, 0.3) is 0 Å². The number of allylic oxidation sites excluding steroid dienone is 1. The van der Waals surface area contributed by atoms with Crippen molar-refractivity contribution in [2.75, 3.05) is 19.6 Å². The van der Waals surface area contributed by atoms with Crippen molar-refractivity contribution in [2.45, 2.75) is 63.8 Å². The summed E-state index contributed by atoms with van der Waals surface area (Å²) in [6, 6.07) is 5.37. The number of aromatic nitrogens is 1. The van der Waals surface area contributed by atoms with Gasteiger partial charge in [0.1, 0.15) is 5.54 Å². The van der Waals surface area contributed by atoms with Crippen LogP contribution in [0.1, 0.15) is 57.6 Å². The van der Waals surface area contributed by atoms with Gasteiger partial charge in [0.2, 0.25) is 5.91 Å². The summed E-state index contributed by atoms with van der Waals surface area (Å²) in [5.74, 6) is 0.0863. The zero-order valence-electron chi connectivity index (χ0n) is 18.3. The van der Waals surface area contributed by atoms with E-state index in [0.717, 1.165) is 49.8 Å². The second kappa shape index (κ2) is 9.20. The van der Waals surface area contributed by atoms with Gasteiger partial charge in [-0.15, -0.1) is 0 Å². The number of urea groups is 1. The number of carbonyl (C=O) groups excluding carboxylic acids is 3. The van der Waals surface area contributed by atoms with E-state index in [0.29, 0.717) is 32.5 Å². The van der Waals surface area contributed by atoms with Crippen LogP contribution in [0.4, 0.5) is 4.79 Å². The van der Waals surface area contributed by atoms with Crippen molar-refractivity contribution in [2.24, 2.45) is 5.92 Å². The number of hydrogen-bond acceptors (Lipinski definition) is 4. The van der Waals surface area contributed by atoms with Crippen LogP contribution in [0.5, 0.6) is 0 Å². The van der Waals surface area contributed by atoms with E-state index in [4.69, 9.17) is 0 Å². The number of carbonyl (C=O) groups is 3. The lowest BCUT2D eigenvalue weighted by molar-refractivity contribution is -0.135. The Balaban J connectivity index is 1.43. The summed E-state index contributed by atoms with van der Waals surface area (Å²) >= 11 is 0. The number of hydrogen-bond donors (Lipinski definition) is 1. The molecule has 3 heterocycles. The van der Waals surface area contributed by atoms with E-state index in [1.807, 2.05) is 30.0 Å². The van der Waals surface area contributed by atoms with Crippen LogP contribution in [0.15, 0.2) is 36.0 Å². The number of amides is 4. The predicted molar refractivity (Wildman–Crippen MR) is 117 cm³/mol. The molecule has 0 aromatic carbocycles. The fraction of sp³-hybridized carbons (Fsp3) is 0.583. The van der Waals surface area contributed by atoms with Crippen molar-refractivity contribution in [3.63, 3.8) is 0 Å². The zero-order chi connectivity index (χ0) is 21.8. The second-order valence-corrected chi connectivity index (χ2v) is 8.87. The fourth-order valence-corrected chi connectivity index (χ4v) is 5.31. The fourth-order valence-electron chi connectivity index (χ4n) is 5.31. The van der Waals surface area contributed by atoms with E-state index in [1.54, 1.807) is 6.20 Å². The summed E-state index contributed by atoms with van der Waals surface area (Å²) in [6.45, 7) is 3.66. The molecule has 1 aliphatic carbocycles. The molecule has 0 saturated carbocycles. The molecule has 7 heteroatoms. The minimum absolute atomic E-state index is 0.0466. The molecular weight excluding hydrogens is 392 g/mol. The number of likely N-dealkylation sites (tertiary alicyclic amines) is 1. The number of pyridine rings is 1. The standard InChI is InChI=1S/C24H32N4O3/c1-2-13-24(19-10-15-27(16-11-19)21(29)18-7-3-4-8-18)22(30)28(23(31)26-24)17-12-20-9-5-6-14-25-20/h5-7,9,14,19H,2-4,8,10-13,15-17H2,1H3,(H,26,31)/t24-/m1/s1. The van der Waals surface area contributed by atoms with Gasteiger partial charge in [0.05, 0.1) is 0 Å². The third kappa shape index (κ3) is 4.23. The van der Waals surface area contributed by atoms with Gasteiger partial charge in [0.25, 0.3) is 5.91 Å². The molecule has 1 aromatic rings. The molecule has 1 N–H and O–H groups in total. The van der Waals surface area contributed by atoms with Crippen molar-refractivity contribution in [1.29, 1.82) is 0 Å². The number of rotatable bonds is 7. The summed E-state index contributed by atoms with van der Waals surface area (Å²) in [5, 5.41) is 3.08. The van der Waals surface area contributed by atoms with Crippen LogP contribution < -0.4 is 5.32 Å². The zero-order valence-corrected chi connectivity index (χ0v) is 18.3.